The van der Waals surface area contributed by atoms with Gasteiger partial charge in [-0.1, -0.05) is 49.7 Å². The molecule has 0 spiro atoms. The number of fused-ring (bicyclic) bond motifs is 2. The fraction of sp³-hybridized carbons (Fsp3) is 0.419. The van der Waals surface area contributed by atoms with E-state index in [4.69, 9.17) is 21.6 Å². The van der Waals surface area contributed by atoms with Crippen molar-refractivity contribution in [1.82, 2.24) is 14.9 Å². The first kappa shape index (κ1) is 26.1. The summed E-state index contributed by atoms with van der Waals surface area (Å²) in [5.41, 5.74) is 0.753. The van der Waals surface area contributed by atoms with Gasteiger partial charge in [-0.2, -0.15) is 4.98 Å². The summed E-state index contributed by atoms with van der Waals surface area (Å²) in [5.74, 6) is 1.72. The van der Waals surface area contributed by atoms with Crippen molar-refractivity contribution in [2.75, 3.05) is 50.1 Å². The first-order chi connectivity index (χ1) is 18.7. The van der Waals surface area contributed by atoms with E-state index in [1.165, 1.54) is 0 Å². The number of benzene rings is 3. The molecule has 6 rings (SSSR count). The van der Waals surface area contributed by atoms with Crippen molar-refractivity contribution in [3.8, 4) is 16.9 Å². The van der Waals surface area contributed by atoms with Crippen LogP contribution in [-0.2, 0) is 0 Å². The molecule has 0 saturated carbocycles. The SMILES string of the molecule is CC1CCC(C)CN(c2nc(N3CC(N(C)C)C3)nc3c(F)c(-c4cc5ccccc5cc4O)c(Cl)cc23)C1. The van der Waals surface area contributed by atoms with Crippen molar-refractivity contribution in [2.45, 2.75) is 32.7 Å². The second-order valence-electron chi connectivity index (χ2n) is 11.7. The number of rotatable bonds is 4. The maximum atomic E-state index is 16.6. The first-order valence-corrected chi connectivity index (χ1v) is 14.2. The highest BCUT2D eigenvalue weighted by molar-refractivity contribution is 6.34. The molecule has 3 aromatic carbocycles. The van der Waals surface area contributed by atoms with Gasteiger partial charge in [0.05, 0.1) is 5.02 Å². The molecule has 204 valence electrons. The lowest BCUT2D eigenvalue weighted by Crippen LogP contribution is -2.58. The van der Waals surface area contributed by atoms with Crippen LogP contribution in [0.5, 0.6) is 5.75 Å². The Balaban J connectivity index is 1.55. The van der Waals surface area contributed by atoms with Crippen LogP contribution in [0.1, 0.15) is 26.7 Å². The Morgan fingerprint density at radius 2 is 1.56 bits per heavy atom. The molecule has 39 heavy (non-hydrogen) atoms. The molecule has 0 aliphatic carbocycles. The third-order valence-corrected chi connectivity index (χ3v) is 8.67. The van der Waals surface area contributed by atoms with Crippen molar-refractivity contribution in [1.29, 1.82) is 0 Å². The topological polar surface area (TPSA) is 55.7 Å². The van der Waals surface area contributed by atoms with Crippen LogP contribution < -0.4 is 9.80 Å². The van der Waals surface area contributed by atoms with Crippen LogP contribution in [0.15, 0.2) is 42.5 Å². The van der Waals surface area contributed by atoms with Crippen LogP contribution in [0.25, 0.3) is 32.8 Å². The standard InChI is InChI=1S/C31H35ClFN5O/c1-18-9-10-19(2)15-37(14-18)30-24-13-25(32)27(23-11-20-7-5-6-8-21(20)12-26(23)39)28(33)29(24)34-31(35-30)38-16-22(17-38)36(3)4/h5-8,11-13,18-19,22,39H,9-10,14-17H2,1-4H3. The van der Waals surface area contributed by atoms with Crippen LogP contribution in [0, 0.1) is 17.7 Å². The summed E-state index contributed by atoms with van der Waals surface area (Å²) in [6, 6.07) is 13.3. The van der Waals surface area contributed by atoms with E-state index in [1.807, 2.05) is 24.3 Å². The quantitative estimate of drug-likeness (QED) is 0.312. The predicted molar refractivity (Wildman–Crippen MR) is 159 cm³/mol. The van der Waals surface area contributed by atoms with E-state index in [0.717, 1.165) is 55.6 Å². The summed E-state index contributed by atoms with van der Waals surface area (Å²) in [4.78, 5) is 16.4. The lowest BCUT2D eigenvalue weighted by molar-refractivity contribution is 0.245. The second-order valence-corrected chi connectivity index (χ2v) is 12.1. The number of likely N-dealkylation sites (N-methyl/N-ethyl adjacent to an activating group) is 1. The van der Waals surface area contributed by atoms with Gasteiger partial charge in [-0.15, -0.1) is 0 Å². The lowest BCUT2D eigenvalue weighted by atomic mass is 9.98. The van der Waals surface area contributed by atoms with Crippen LogP contribution in [0.2, 0.25) is 5.02 Å². The summed E-state index contributed by atoms with van der Waals surface area (Å²) < 4.78 is 16.6. The molecule has 2 unspecified atom stereocenters. The van der Waals surface area contributed by atoms with Gasteiger partial charge in [-0.25, -0.2) is 9.37 Å². The van der Waals surface area contributed by atoms with Crippen molar-refractivity contribution in [3.05, 3.63) is 53.3 Å². The highest BCUT2D eigenvalue weighted by Gasteiger charge is 2.33. The number of hydrogen-bond acceptors (Lipinski definition) is 6. The second kappa shape index (κ2) is 10.1. The molecule has 2 saturated heterocycles. The van der Waals surface area contributed by atoms with Crippen molar-refractivity contribution >= 4 is 45.0 Å². The minimum Gasteiger partial charge on any atom is -0.507 e. The number of nitrogens with zero attached hydrogens (tertiary/aromatic N) is 5. The maximum Gasteiger partial charge on any atom is 0.228 e. The molecule has 2 atom stereocenters. The maximum absolute atomic E-state index is 16.6. The average Bonchev–Trinajstić information content (AvgIpc) is 3.03. The van der Waals surface area contributed by atoms with Crippen LogP contribution in [0.3, 0.4) is 0 Å². The number of halogens is 2. The molecule has 1 aromatic heterocycles. The highest BCUT2D eigenvalue weighted by Crippen LogP contribution is 2.43. The van der Waals surface area contributed by atoms with E-state index in [2.05, 4.69) is 42.6 Å². The largest absolute Gasteiger partial charge is 0.507 e. The van der Waals surface area contributed by atoms with Gasteiger partial charge in [-0.05, 0) is 67.7 Å². The summed E-state index contributed by atoms with van der Waals surface area (Å²) >= 11 is 6.82. The average molecular weight is 548 g/mol. The zero-order valence-electron chi connectivity index (χ0n) is 23.0. The van der Waals surface area contributed by atoms with E-state index in [0.29, 0.717) is 34.8 Å². The number of anilines is 2. The normalized spacial score (nSPS) is 20.6. The smallest absolute Gasteiger partial charge is 0.228 e. The van der Waals surface area contributed by atoms with Gasteiger partial charge in [0.2, 0.25) is 5.95 Å². The number of aromatic hydroxyl groups is 1. The fourth-order valence-corrected chi connectivity index (χ4v) is 6.22. The molecule has 0 amide bonds. The van der Waals surface area contributed by atoms with Gasteiger partial charge in [0.25, 0.3) is 0 Å². The van der Waals surface area contributed by atoms with Crippen LogP contribution in [0.4, 0.5) is 16.2 Å². The molecule has 2 aliphatic rings. The summed E-state index contributed by atoms with van der Waals surface area (Å²) in [6.45, 7) is 7.81. The van der Waals surface area contributed by atoms with Gasteiger partial charge < -0.3 is 19.8 Å². The Bertz CT molecular complexity index is 1540. The Hall–Kier alpha value is -3.16. The number of phenols is 1. The van der Waals surface area contributed by atoms with Gasteiger partial charge in [0, 0.05) is 48.7 Å². The Labute approximate surface area is 234 Å². The minimum atomic E-state index is -0.534. The van der Waals surface area contributed by atoms with Gasteiger partial charge in [0.15, 0.2) is 5.82 Å². The van der Waals surface area contributed by atoms with E-state index in [-0.39, 0.29) is 21.9 Å². The highest BCUT2D eigenvalue weighted by atomic mass is 35.5. The van der Waals surface area contributed by atoms with Crippen molar-refractivity contribution in [2.24, 2.45) is 11.8 Å². The van der Waals surface area contributed by atoms with Crippen molar-refractivity contribution < 1.29 is 9.50 Å². The van der Waals surface area contributed by atoms with Gasteiger partial charge in [-0.3, -0.25) is 0 Å². The molecule has 0 radical (unpaired) electrons. The predicted octanol–water partition coefficient (Wildman–Crippen LogP) is 6.57. The van der Waals surface area contributed by atoms with E-state index < -0.39 is 5.82 Å². The Morgan fingerprint density at radius 3 is 2.21 bits per heavy atom. The minimum absolute atomic E-state index is 0.0184. The van der Waals surface area contributed by atoms with Gasteiger partial charge in [0.1, 0.15) is 17.1 Å². The van der Waals surface area contributed by atoms with E-state index in [9.17, 15) is 5.11 Å². The van der Waals surface area contributed by atoms with Crippen LogP contribution in [-0.4, -0.2) is 66.3 Å². The monoisotopic (exact) mass is 547 g/mol. The molecule has 1 N–H and O–H groups in total. The third-order valence-electron chi connectivity index (χ3n) is 8.38. The first-order valence-electron chi connectivity index (χ1n) is 13.8. The molecule has 2 aliphatic heterocycles. The number of phenolic OH excluding ortho intramolecular Hbond substituents is 1. The molecule has 6 nitrogen and oxygen atoms in total. The zero-order valence-corrected chi connectivity index (χ0v) is 23.7. The zero-order chi connectivity index (χ0) is 27.4. The van der Waals surface area contributed by atoms with E-state index >= 15 is 4.39 Å². The molecule has 2 fully saturated rings. The van der Waals surface area contributed by atoms with E-state index in [1.54, 1.807) is 18.2 Å². The molecule has 4 aromatic rings. The molecular formula is C31H35ClFN5O. The lowest BCUT2D eigenvalue weighted by Gasteiger charge is -2.43. The summed E-state index contributed by atoms with van der Waals surface area (Å²) in [5, 5.41) is 13.5. The van der Waals surface area contributed by atoms with Crippen molar-refractivity contribution in [3.63, 3.8) is 0 Å². The Kier molecular flexibility index (Phi) is 6.76. The summed E-state index contributed by atoms with van der Waals surface area (Å²) in [6.07, 6.45) is 2.31. The molecule has 0 bridgehead atoms. The third kappa shape index (κ3) is 4.76. The molecular weight excluding hydrogens is 513 g/mol. The fourth-order valence-electron chi connectivity index (χ4n) is 5.92. The van der Waals surface area contributed by atoms with Gasteiger partial charge >= 0.3 is 0 Å². The molecule has 3 heterocycles. The number of aromatic nitrogens is 2. The van der Waals surface area contributed by atoms with Crippen LogP contribution >= 0.6 is 11.6 Å². The Morgan fingerprint density at radius 1 is 0.923 bits per heavy atom. The molecule has 8 heteroatoms. The summed E-state index contributed by atoms with van der Waals surface area (Å²) in [7, 11) is 4.14. The number of hydrogen-bond donors (Lipinski definition) is 1.